The summed E-state index contributed by atoms with van der Waals surface area (Å²) in [6.07, 6.45) is 9.32. The predicted octanol–water partition coefficient (Wildman–Crippen LogP) is 2.07. The molecule has 0 fully saturated rings. The Labute approximate surface area is 63.2 Å². The Balaban J connectivity index is 2.60. The fourth-order valence-electron chi connectivity index (χ4n) is 1.10. The summed E-state index contributed by atoms with van der Waals surface area (Å²) >= 11 is 0. The zero-order valence-corrected chi connectivity index (χ0v) is 7.54. The SMILES string of the molecule is C[Si](C)(O)C1C=CC=CC1. The van der Waals surface area contributed by atoms with Crippen molar-refractivity contribution in [2.24, 2.45) is 0 Å². The maximum absolute atomic E-state index is 9.70. The van der Waals surface area contributed by atoms with Gasteiger partial charge in [-0.1, -0.05) is 24.3 Å². The van der Waals surface area contributed by atoms with Crippen molar-refractivity contribution >= 4 is 8.32 Å². The maximum atomic E-state index is 9.70. The highest BCUT2D eigenvalue weighted by Gasteiger charge is 2.27. The summed E-state index contributed by atoms with van der Waals surface area (Å²) < 4.78 is 0. The third kappa shape index (κ3) is 1.82. The van der Waals surface area contributed by atoms with Crippen molar-refractivity contribution in [3.63, 3.8) is 0 Å². The summed E-state index contributed by atoms with van der Waals surface area (Å²) in [6.45, 7) is 3.97. The zero-order valence-electron chi connectivity index (χ0n) is 6.54. The van der Waals surface area contributed by atoms with Crippen molar-refractivity contribution in [1.82, 2.24) is 0 Å². The van der Waals surface area contributed by atoms with Crippen LogP contribution in [0.2, 0.25) is 18.6 Å². The van der Waals surface area contributed by atoms with Gasteiger partial charge in [-0.25, -0.2) is 0 Å². The normalized spacial score (nSPS) is 25.3. The lowest BCUT2D eigenvalue weighted by Gasteiger charge is -2.23. The maximum Gasteiger partial charge on any atom is 0.189 e. The Bertz CT molecular complexity index is 165. The lowest BCUT2D eigenvalue weighted by molar-refractivity contribution is 0.534. The van der Waals surface area contributed by atoms with Crippen LogP contribution in [0.25, 0.3) is 0 Å². The van der Waals surface area contributed by atoms with Crippen molar-refractivity contribution in [1.29, 1.82) is 0 Å². The first kappa shape index (κ1) is 7.76. The van der Waals surface area contributed by atoms with Crippen LogP contribution in [0.1, 0.15) is 6.42 Å². The molecule has 0 aromatic carbocycles. The molecule has 1 rings (SSSR count). The van der Waals surface area contributed by atoms with E-state index in [1.54, 1.807) is 0 Å². The van der Waals surface area contributed by atoms with Crippen LogP contribution in [-0.4, -0.2) is 13.1 Å². The second-order valence-corrected chi connectivity index (χ2v) is 7.36. The van der Waals surface area contributed by atoms with Crippen molar-refractivity contribution in [2.45, 2.75) is 25.1 Å². The Kier molecular flexibility index (Phi) is 2.11. The van der Waals surface area contributed by atoms with Gasteiger partial charge >= 0.3 is 0 Å². The van der Waals surface area contributed by atoms with Gasteiger partial charge in [-0.15, -0.1) is 0 Å². The lowest BCUT2D eigenvalue weighted by atomic mass is 10.2. The fraction of sp³-hybridized carbons (Fsp3) is 0.500. The Morgan fingerprint density at radius 1 is 1.40 bits per heavy atom. The minimum atomic E-state index is -1.89. The third-order valence-electron chi connectivity index (χ3n) is 1.89. The molecular formula is C8H14OSi. The molecule has 1 aliphatic rings. The molecule has 56 valence electrons. The summed E-state index contributed by atoms with van der Waals surface area (Å²) in [5.41, 5.74) is 0.428. The van der Waals surface area contributed by atoms with E-state index in [4.69, 9.17) is 0 Å². The van der Waals surface area contributed by atoms with Gasteiger partial charge in [0.05, 0.1) is 0 Å². The molecule has 0 amide bonds. The Hall–Kier alpha value is -0.343. The first-order chi connectivity index (χ1) is 4.61. The zero-order chi connectivity index (χ0) is 7.61. The molecule has 0 aliphatic heterocycles. The van der Waals surface area contributed by atoms with Crippen LogP contribution in [0.4, 0.5) is 0 Å². The van der Waals surface area contributed by atoms with Crippen LogP contribution in [0.3, 0.4) is 0 Å². The molecule has 2 heteroatoms. The van der Waals surface area contributed by atoms with Gasteiger partial charge in [0.15, 0.2) is 8.32 Å². The average Bonchev–Trinajstić information content (AvgIpc) is 1.88. The molecule has 1 atom stereocenters. The first-order valence-electron chi connectivity index (χ1n) is 3.66. The molecule has 1 N–H and O–H groups in total. The molecule has 1 aliphatic carbocycles. The average molecular weight is 154 g/mol. The van der Waals surface area contributed by atoms with E-state index in [9.17, 15) is 4.80 Å². The highest BCUT2D eigenvalue weighted by Crippen LogP contribution is 2.27. The summed E-state index contributed by atoms with van der Waals surface area (Å²) in [5, 5.41) is 0. The summed E-state index contributed by atoms with van der Waals surface area (Å²) in [7, 11) is -1.89. The van der Waals surface area contributed by atoms with E-state index >= 15 is 0 Å². The van der Waals surface area contributed by atoms with Gasteiger partial charge in [-0.2, -0.15) is 0 Å². The van der Waals surface area contributed by atoms with Crippen molar-refractivity contribution in [3.05, 3.63) is 24.3 Å². The molecule has 0 bridgehead atoms. The van der Waals surface area contributed by atoms with E-state index < -0.39 is 8.32 Å². The number of rotatable bonds is 1. The molecule has 0 aromatic rings. The van der Waals surface area contributed by atoms with Crippen LogP contribution in [-0.2, 0) is 0 Å². The monoisotopic (exact) mass is 154 g/mol. The molecule has 0 saturated carbocycles. The Morgan fingerprint density at radius 3 is 2.40 bits per heavy atom. The molecule has 0 spiro atoms. The van der Waals surface area contributed by atoms with Crippen LogP contribution in [0.5, 0.6) is 0 Å². The third-order valence-corrected chi connectivity index (χ3v) is 4.13. The summed E-state index contributed by atoms with van der Waals surface area (Å²) in [6, 6.07) is 0. The lowest BCUT2D eigenvalue weighted by Crippen LogP contribution is -2.31. The fourth-order valence-corrected chi connectivity index (χ4v) is 2.40. The molecule has 0 saturated heterocycles. The highest BCUT2D eigenvalue weighted by molar-refractivity contribution is 6.71. The Morgan fingerprint density at radius 2 is 2.10 bits per heavy atom. The van der Waals surface area contributed by atoms with Crippen LogP contribution >= 0.6 is 0 Å². The van der Waals surface area contributed by atoms with Gasteiger partial charge in [0.25, 0.3) is 0 Å². The topological polar surface area (TPSA) is 20.2 Å². The van der Waals surface area contributed by atoms with Gasteiger partial charge in [0, 0.05) is 0 Å². The van der Waals surface area contributed by atoms with Gasteiger partial charge in [-0.3, -0.25) is 0 Å². The number of allylic oxidation sites excluding steroid dienone is 4. The summed E-state index contributed by atoms with van der Waals surface area (Å²) in [4.78, 5) is 9.70. The smallest absolute Gasteiger partial charge is 0.189 e. The van der Waals surface area contributed by atoms with E-state index in [1.807, 2.05) is 25.2 Å². The second kappa shape index (κ2) is 2.72. The molecule has 0 heterocycles. The summed E-state index contributed by atoms with van der Waals surface area (Å²) in [5.74, 6) is 0. The highest BCUT2D eigenvalue weighted by atomic mass is 28.4. The van der Waals surface area contributed by atoms with E-state index in [0.717, 1.165) is 6.42 Å². The van der Waals surface area contributed by atoms with Gasteiger partial charge < -0.3 is 4.80 Å². The molecule has 0 radical (unpaired) electrons. The molecule has 1 unspecified atom stereocenters. The van der Waals surface area contributed by atoms with Gasteiger partial charge in [-0.05, 0) is 25.1 Å². The number of hydrogen-bond donors (Lipinski definition) is 1. The van der Waals surface area contributed by atoms with Crippen molar-refractivity contribution in [2.75, 3.05) is 0 Å². The molecule has 10 heavy (non-hydrogen) atoms. The minimum absolute atomic E-state index is 0.428. The standard InChI is InChI=1S/C8H14OSi/c1-10(2,9)8-6-4-3-5-7-8/h3-6,8-9H,7H2,1-2H3. The van der Waals surface area contributed by atoms with Crippen LogP contribution in [0, 0.1) is 0 Å². The van der Waals surface area contributed by atoms with E-state index in [2.05, 4.69) is 12.2 Å². The van der Waals surface area contributed by atoms with E-state index in [1.165, 1.54) is 0 Å². The molecule has 1 nitrogen and oxygen atoms in total. The first-order valence-corrected chi connectivity index (χ1v) is 6.69. The van der Waals surface area contributed by atoms with Crippen molar-refractivity contribution in [3.8, 4) is 0 Å². The van der Waals surface area contributed by atoms with Crippen molar-refractivity contribution < 1.29 is 4.80 Å². The molecule has 0 aromatic heterocycles. The second-order valence-electron chi connectivity index (χ2n) is 3.31. The van der Waals surface area contributed by atoms with E-state index in [-0.39, 0.29) is 0 Å². The van der Waals surface area contributed by atoms with Gasteiger partial charge in [0.1, 0.15) is 0 Å². The largest absolute Gasteiger partial charge is 0.432 e. The van der Waals surface area contributed by atoms with E-state index in [0.29, 0.717) is 5.54 Å². The quantitative estimate of drug-likeness (QED) is 0.573. The van der Waals surface area contributed by atoms with Crippen LogP contribution < -0.4 is 0 Å². The predicted molar refractivity (Wildman–Crippen MR) is 46.3 cm³/mol. The minimum Gasteiger partial charge on any atom is -0.432 e. The van der Waals surface area contributed by atoms with Crippen LogP contribution in [0.15, 0.2) is 24.3 Å². The van der Waals surface area contributed by atoms with Gasteiger partial charge in [0.2, 0.25) is 0 Å². The molecular weight excluding hydrogens is 140 g/mol. The number of hydrogen-bond acceptors (Lipinski definition) is 1.